The molecule has 0 radical (unpaired) electrons. The third-order valence-corrected chi connectivity index (χ3v) is 3.65. The fraction of sp³-hybridized carbons (Fsp3) is 0.400. The van der Waals surface area contributed by atoms with Crippen LogP contribution in [0.4, 0.5) is 0 Å². The second-order valence-corrected chi connectivity index (χ2v) is 4.49. The molecule has 0 bridgehead atoms. The first-order valence-electron chi connectivity index (χ1n) is 6.24. The number of esters is 1. The van der Waals surface area contributed by atoms with Gasteiger partial charge >= 0.3 is 5.97 Å². The van der Waals surface area contributed by atoms with Crippen molar-refractivity contribution in [2.24, 2.45) is 5.41 Å². The maximum absolute atomic E-state index is 12.0. The Morgan fingerprint density at radius 1 is 1.17 bits per heavy atom. The fourth-order valence-electron chi connectivity index (χ4n) is 2.18. The molecule has 3 nitrogen and oxygen atoms in total. The minimum atomic E-state index is -0.449. The number of hydrogen-bond donors (Lipinski definition) is 0. The summed E-state index contributed by atoms with van der Waals surface area (Å²) in [6.45, 7) is 4.02. The van der Waals surface area contributed by atoms with E-state index in [2.05, 4.69) is 0 Å². The van der Waals surface area contributed by atoms with Gasteiger partial charge in [0.1, 0.15) is 11.5 Å². The van der Waals surface area contributed by atoms with Gasteiger partial charge in [-0.15, -0.1) is 0 Å². The first-order chi connectivity index (χ1) is 8.65. The molecule has 96 valence electrons. The zero-order valence-corrected chi connectivity index (χ0v) is 11.0. The number of carbonyl (C=O) groups excluding carboxylic acids is 1. The standard InChI is InChI=1S/C15H18O3/c1-4-15(5-2)10-13(18-14(15)16)11-6-8-12(17-3)9-7-11/h6-10H,4-5H2,1-3H3. The van der Waals surface area contributed by atoms with Crippen molar-refractivity contribution in [2.75, 3.05) is 7.11 Å². The normalized spacial score (nSPS) is 17.3. The van der Waals surface area contributed by atoms with Gasteiger partial charge in [0.05, 0.1) is 12.5 Å². The van der Waals surface area contributed by atoms with Gasteiger partial charge in [-0.05, 0) is 43.2 Å². The van der Waals surface area contributed by atoms with E-state index in [1.54, 1.807) is 7.11 Å². The first-order valence-corrected chi connectivity index (χ1v) is 6.24. The van der Waals surface area contributed by atoms with E-state index in [1.807, 2.05) is 44.2 Å². The molecular formula is C15H18O3. The molecule has 1 aliphatic heterocycles. The second kappa shape index (κ2) is 4.84. The lowest BCUT2D eigenvalue weighted by molar-refractivity contribution is -0.143. The minimum absolute atomic E-state index is 0.140. The molecule has 0 spiro atoms. The van der Waals surface area contributed by atoms with Crippen LogP contribution < -0.4 is 4.74 Å². The van der Waals surface area contributed by atoms with Gasteiger partial charge in [-0.3, -0.25) is 4.79 Å². The molecule has 1 heterocycles. The van der Waals surface area contributed by atoms with Crippen LogP contribution in [0, 0.1) is 5.41 Å². The highest BCUT2D eigenvalue weighted by Crippen LogP contribution is 2.40. The largest absolute Gasteiger partial charge is 0.497 e. The Hall–Kier alpha value is -1.77. The van der Waals surface area contributed by atoms with E-state index in [9.17, 15) is 4.79 Å². The van der Waals surface area contributed by atoms with Crippen LogP contribution in [0.1, 0.15) is 32.3 Å². The van der Waals surface area contributed by atoms with E-state index < -0.39 is 5.41 Å². The lowest BCUT2D eigenvalue weighted by atomic mass is 9.83. The molecule has 0 saturated heterocycles. The van der Waals surface area contributed by atoms with Crippen LogP contribution >= 0.6 is 0 Å². The molecule has 0 unspecified atom stereocenters. The van der Waals surface area contributed by atoms with Crippen LogP contribution in [0.5, 0.6) is 5.75 Å². The molecule has 0 fully saturated rings. The molecule has 0 aromatic heterocycles. The molecule has 1 aromatic carbocycles. The Morgan fingerprint density at radius 2 is 1.78 bits per heavy atom. The molecule has 2 rings (SSSR count). The smallest absolute Gasteiger partial charge is 0.321 e. The molecule has 0 N–H and O–H groups in total. The van der Waals surface area contributed by atoms with Gasteiger partial charge in [-0.2, -0.15) is 0 Å². The number of hydrogen-bond acceptors (Lipinski definition) is 3. The summed E-state index contributed by atoms with van der Waals surface area (Å²) in [4.78, 5) is 12.0. The van der Waals surface area contributed by atoms with E-state index in [-0.39, 0.29) is 5.97 Å². The van der Waals surface area contributed by atoms with Gasteiger partial charge in [0.25, 0.3) is 0 Å². The van der Waals surface area contributed by atoms with E-state index in [1.165, 1.54) is 0 Å². The number of methoxy groups -OCH3 is 1. The van der Waals surface area contributed by atoms with Crippen LogP contribution in [0.25, 0.3) is 5.76 Å². The number of ether oxygens (including phenoxy) is 2. The van der Waals surface area contributed by atoms with Crippen molar-refractivity contribution < 1.29 is 14.3 Å². The van der Waals surface area contributed by atoms with Crippen molar-refractivity contribution in [2.45, 2.75) is 26.7 Å². The van der Waals surface area contributed by atoms with Gasteiger partial charge in [-0.1, -0.05) is 13.8 Å². The van der Waals surface area contributed by atoms with Crippen molar-refractivity contribution >= 4 is 11.7 Å². The lowest BCUT2D eigenvalue weighted by Crippen LogP contribution is -2.24. The van der Waals surface area contributed by atoms with Gasteiger partial charge < -0.3 is 9.47 Å². The van der Waals surface area contributed by atoms with E-state index in [4.69, 9.17) is 9.47 Å². The van der Waals surface area contributed by atoms with Gasteiger partial charge in [0, 0.05) is 5.56 Å². The number of benzene rings is 1. The maximum atomic E-state index is 12.0. The zero-order chi connectivity index (χ0) is 13.2. The van der Waals surface area contributed by atoms with Crippen molar-refractivity contribution in [1.82, 2.24) is 0 Å². The van der Waals surface area contributed by atoms with Crippen molar-refractivity contribution in [3.63, 3.8) is 0 Å². The summed E-state index contributed by atoms with van der Waals surface area (Å²) in [6.07, 6.45) is 3.49. The maximum Gasteiger partial charge on any atom is 0.321 e. The third-order valence-electron chi connectivity index (χ3n) is 3.65. The molecular weight excluding hydrogens is 228 g/mol. The summed E-state index contributed by atoms with van der Waals surface area (Å²) >= 11 is 0. The average Bonchev–Trinajstić information content (AvgIpc) is 2.76. The predicted octanol–water partition coefficient (Wildman–Crippen LogP) is 3.40. The second-order valence-electron chi connectivity index (χ2n) is 4.49. The SMILES string of the molecule is CCC1(CC)C=C(c2ccc(OC)cc2)OC1=O. The van der Waals surface area contributed by atoms with Crippen LogP contribution in [-0.2, 0) is 9.53 Å². The highest BCUT2D eigenvalue weighted by Gasteiger charge is 2.41. The van der Waals surface area contributed by atoms with Crippen molar-refractivity contribution in [3.8, 4) is 5.75 Å². The highest BCUT2D eigenvalue weighted by molar-refractivity contribution is 5.91. The summed E-state index contributed by atoms with van der Waals surface area (Å²) in [6, 6.07) is 7.53. The van der Waals surface area contributed by atoms with Crippen LogP contribution in [-0.4, -0.2) is 13.1 Å². The molecule has 18 heavy (non-hydrogen) atoms. The van der Waals surface area contributed by atoms with Crippen molar-refractivity contribution in [3.05, 3.63) is 35.9 Å². The van der Waals surface area contributed by atoms with Gasteiger partial charge in [0.2, 0.25) is 0 Å². The summed E-state index contributed by atoms with van der Waals surface area (Å²) in [5, 5.41) is 0. The lowest BCUT2D eigenvalue weighted by Gasteiger charge is -2.17. The van der Waals surface area contributed by atoms with Crippen LogP contribution in [0.2, 0.25) is 0 Å². The quantitative estimate of drug-likeness (QED) is 0.764. The summed E-state index contributed by atoms with van der Waals surface area (Å²) in [7, 11) is 1.63. The molecule has 0 atom stereocenters. The fourth-order valence-corrected chi connectivity index (χ4v) is 2.18. The minimum Gasteiger partial charge on any atom is -0.497 e. The van der Waals surface area contributed by atoms with Gasteiger partial charge in [-0.25, -0.2) is 0 Å². The van der Waals surface area contributed by atoms with E-state index in [0.717, 1.165) is 24.2 Å². The Morgan fingerprint density at radius 3 is 2.22 bits per heavy atom. The van der Waals surface area contributed by atoms with E-state index >= 15 is 0 Å². The van der Waals surface area contributed by atoms with Crippen LogP contribution in [0.3, 0.4) is 0 Å². The molecule has 0 amide bonds. The Bertz CT molecular complexity index is 467. The van der Waals surface area contributed by atoms with Gasteiger partial charge in [0.15, 0.2) is 0 Å². The molecule has 3 heteroatoms. The third kappa shape index (κ3) is 2.01. The summed E-state index contributed by atoms with van der Waals surface area (Å²) < 4.78 is 10.5. The molecule has 1 aliphatic rings. The van der Waals surface area contributed by atoms with Crippen molar-refractivity contribution in [1.29, 1.82) is 0 Å². The summed E-state index contributed by atoms with van der Waals surface area (Å²) in [5.41, 5.74) is 0.461. The average molecular weight is 246 g/mol. The number of rotatable bonds is 4. The number of carbonyl (C=O) groups is 1. The topological polar surface area (TPSA) is 35.5 Å². The van der Waals surface area contributed by atoms with Crippen LogP contribution in [0.15, 0.2) is 30.3 Å². The number of cyclic esters (lactones) is 1. The molecule has 1 aromatic rings. The Labute approximate surface area is 107 Å². The molecule has 0 aliphatic carbocycles. The zero-order valence-electron chi connectivity index (χ0n) is 11.0. The van der Waals surface area contributed by atoms with E-state index in [0.29, 0.717) is 5.76 Å². The summed E-state index contributed by atoms with van der Waals surface area (Å²) in [5.74, 6) is 1.31. The monoisotopic (exact) mass is 246 g/mol. The Balaban J connectivity index is 2.31. The Kier molecular flexibility index (Phi) is 3.41. The first kappa shape index (κ1) is 12.7. The predicted molar refractivity (Wildman–Crippen MR) is 70.1 cm³/mol. The molecule has 0 saturated carbocycles. The highest BCUT2D eigenvalue weighted by atomic mass is 16.5.